The van der Waals surface area contributed by atoms with Crippen molar-refractivity contribution in [3.05, 3.63) is 93.0 Å². The van der Waals surface area contributed by atoms with Gasteiger partial charge in [-0.3, -0.25) is 9.59 Å². The number of hydrogen-bond donors (Lipinski definition) is 1. The molecule has 2 aromatic rings. The number of ketones is 2. The number of rotatable bonds is 1. The zero-order valence-corrected chi connectivity index (χ0v) is 14.1. The van der Waals surface area contributed by atoms with Crippen LogP contribution >= 0.6 is 11.6 Å². The monoisotopic (exact) mass is 362 g/mol. The third kappa shape index (κ3) is 2.24. The highest BCUT2D eigenvalue weighted by atomic mass is 35.5. The lowest BCUT2D eigenvalue weighted by atomic mass is 9.75. The predicted octanol–water partition coefficient (Wildman–Crippen LogP) is 3.48. The van der Waals surface area contributed by atoms with E-state index < -0.39 is 11.7 Å². The van der Waals surface area contributed by atoms with Gasteiger partial charge in [0.2, 0.25) is 11.7 Å². The van der Waals surface area contributed by atoms with Crippen molar-refractivity contribution in [3.63, 3.8) is 0 Å². The van der Waals surface area contributed by atoms with Crippen LogP contribution in [0.25, 0.3) is 0 Å². The zero-order chi connectivity index (χ0) is 18.4. The summed E-state index contributed by atoms with van der Waals surface area (Å²) in [5.74, 6) is -1.85. The molecule has 5 nitrogen and oxygen atoms in total. The Bertz CT molecular complexity index is 1070. The first-order valence-electron chi connectivity index (χ1n) is 7.78. The van der Waals surface area contributed by atoms with Gasteiger partial charge in [0.05, 0.1) is 11.5 Å². The molecule has 1 aliphatic carbocycles. The Balaban J connectivity index is 1.97. The largest absolute Gasteiger partial charge is 0.436 e. The molecule has 26 heavy (non-hydrogen) atoms. The zero-order valence-electron chi connectivity index (χ0n) is 13.3. The Kier molecular flexibility index (Phi) is 3.64. The molecular formula is C20H11ClN2O3. The maximum atomic E-state index is 13.1. The number of nitriles is 1. The highest BCUT2D eigenvalue weighted by Gasteiger charge is 2.43. The molecule has 0 saturated heterocycles. The van der Waals surface area contributed by atoms with Gasteiger partial charge in [-0.2, -0.15) is 5.26 Å². The second-order valence-electron chi connectivity index (χ2n) is 5.92. The number of ether oxygens (including phenoxy) is 1. The molecule has 0 aromatic heterocycles. The third-order valence-electron chi connectivity index (χ3n) is 4.49. The molecule has 4 rings (SSSR count). The topological polar surface area (TPSA) is 93.2 Å². The van der Waals surface area contributed by atoms with Gasteiger partial charge in [-0.1, -0.05) is 48.0 Å². The minimum Gasteiger partial charge on any atom is -0.436 e. The molecule has 2 N–H and O–H groups in total. The Morgan fingerprint density at radius 3 is 2.23 bits per heavy atom. The van der Waals surface area contributed by atoms with Crippen molar-refractivity contribution in [2.24, 2.45) is 5.73 Å². The van der Waals surface area contributed by atoms with E-state index in [2.05, 4.69) is 0 Å². The van der Waals surface area contributed by atoms with Gasteiger partial charge in [0.15, 0.2) is 11.5 Å². The molecule has 0 spiro atoms. The number of fused-ring (bicyclic) bond motifs is 1. The van der Waals surface area contributed by atoms with E-state index >= 15 is 0 Å². The molecule has 126 valence electrons. The van der Waals surface area contributed by atoms with Gasteiger partial charge in [0, 0.05) is 16.1 Å². The van der Waals surface area contributed by atoms with Gasteiger partial charge in [0.25, 0.3) is 0 Å². The number of allylic oxidation sites excluding steroid dienone is 3. The Morgan fingerprint density at radius 2 is 1.62 bits per heavy atom. The van der Waals surface area contributed by atoms with Crippen LogP contribution in [-0.4, -0.2) is 11.6 Å². The minimum absolute atomic E-state index is 0.0894. The summed E-state index contributed by atoms with van der Waals surface area (Å²) in [5.41, 5.74) is 7.29. The molecule has 0 bridgehead atoms. The lowest BCUT2D eigenvalue weighted by Gasteiger charge is -2.30. The fourth-order valence-electron chi connectivity index (χ4n) is 3.30. The smallest absolute Gasteiger partial charge is 0.229 e. The van der Waals surface area contributed by atoms with Crippen LogP contribution in [0.3, 0.4) is 0 Å². The van der Waals surface area contributed by atoms with Gasteiger partial charge in [-0.25, -0.2) is 0 Å². The maximum Gasteiger partial charge on any atom is 0.229 e. The molecule has 0 radical (unpaired) electrons. The van der Waals surface area contributed by atoms with E-state index in [0.717, 1.165) is 0 Å². The summed E-state index contributed by atoms with van der Waals surface area (Å²) >= 11 is 5.95. The van der Waals surface area contributed by atoms with Crippen molar-refractivity contribution in [3.8, 4) is 6.07 Å². The van der Waals surface area contributed by atoms with E-state index in [1.165, 1.54) is 0 Å². The van der Waals surface area contributed by atoms with Crippen molar-refractivity contribution >= 4 is 23.2 Å². The molecule has 6 heteroatoms. The fourth-order valence-corrected chi connectivity index (χ4v) is 3.42. The summed E-state index contributed by atoms with van der Waals surface area (Å²) in [6, 6.07) is 15.2. The van der Waals surface area contributed by atoms with Crippen LogP contribution in [0.2, 0.25) is 5.02 Å². The number of carbonyl (C=O) groups is 2. The molecule has 2 aliphatic rings. The van der Waals surface area contributed by atoms with Crippen LogP contribution in [-0.2, 0) is 4.74 Å². The average Bonchev–Trinajstić information content (AvgIpc) is 2.66. The van der Waals surface area contributed by atoms with Crippen molar-refractivity contribution in [2.45, 2.75) is 5.92 Å². The van der Waals surface area contributed by atoms with E-state index in [9.17, 15) is 14.9 Å². The minimum atomic E-state index is -0.786. The lowest BCUT2D eigenvalue weighted by molar-refractivity contribution is 0.0897. The van der Waals surface area contributed by atoms with Crippen molar-refractivity contribution in [1.82, 2.24) is 0 Å². The van der Waals surface area contributed by atoms with E-state index in [1.54, 1.807) is 48.5 Å². The van der Waals surface area contributed by atoms with Gasteiger partial charge in [-0.15, -0.1) is 0 Å². The fraction of sp³-hybridized carbons (Fsp3) is 0.0500. The quantitative estimate of drug-likeness (QED) is 0.838. The number of benzene rings is 2. The van der Waals surface area contributed by atoms with Crippen LogP contribution in [0.1, 0.15) is 32.2 Å². The number of hydrogen-bond acceptors (Lipinski definition) is 5. The first-order valence-corrected chi connectivity index (χ1v) is 8.16. The van der Waals surface area contributed by atoms with Crippen LogP contribution in [0, 0.1) is 11.3 Å². The van der Waals surface area contributed by atoms with E-state index in [-0.39, 0.29) is 39.7 Å². The normalized spacial score (nSPS) is 18.8. The number of halogens is 1. The van der Waals surface area contributed by atoms with Crippen molar-refractivity contribution in [2.75, 3.05) is 0 Å². The van der Waals surface area contributed by atoms with Crippen LogP contribution in [0.15, 0.2) is 71.3 Å². The average molecular weight is 363 g/mol. The van der Waals surface area contributed by atoms with Crippen molar-refractivity contribution < 1.29 is 14.3 Å². The van der Waals surface area contributed by atoms with E-state index in [4.69, 9.17) is 22.1 Å². The summed E-state index contributed by atoms with van der Waals surface area (Å²) in [6.07, 6.45) is 0. The molecular weight excluding hydrogens is 352 g/mol. The number of nitrogens with two attached hydrogens (primary N) is 1. The van der Waals surface area contributed by atoms with E-state index in [0.29, 0.717) is 10.6 Å². The summed E-state index contributed by atoms with van der Waals surface area (Å²) in [4.78, 5) is 26.0. The standard InChI is InChI=1S/C20H11ClN2O3/c21-11-7-5-10(6-8-11)15-14(9-22)20(23)26-19-16(15)17(24)12-3-1-2-4-13(12)18(19)25/h1-8,15H,23H2/t15-/m1/s1. The lowest BCUT2D eigenvalue weighted by Crippen LogP contribution is -2.32. The highest BCUT2D eigenvalue weighted by Crippen LogP contribution is 2.44. The van der Waals surface area contributed by atoms with Crippen LogP contribution in [0.4, 0.5) is 0 Å². The molecule has 1 aliphatic heterocycles. The summed E-state index contributed by atoms with van der Waals surface area (Å²) in [5, 5.41) is 10.1. The molecule has 0 fully saturated rings. The summed E-state index contributed by atoms with van der Waals surface area (Å²) < 4.78 is 5.43. The van der Waals surface area contributed by atoms with Crippen molar-refractivity contribution in [1.29, 1.82) is 5.26 Å². The summed E-state index contributed by atoms with van der Waals surface area (Å²) in [6.45, 7) is 0. The Morgan fingerprint density at radius 1 is 1.00 bits per heavy atom. The van der Waals surface area contributed by atoms with Gasteiger partial charge < -0.3 is 10.5 Å². The molecule has 0 amide bonds. The molecule has 0 unspecified atom stereocenters. The first-order chi connectivity index (χ1) is 12.5. The third-order valence-corrected chi connectivity index (χ3v) is 4.74. The second-order valence-corrected chi connectivity index (χ2v) is 6.36. The highest BCUT2D eigenvalue weighted by molar-refractivity contribution is 6.30. The predicted molar refractivity (Wildman–Crippen MR) is 94.2 cm³/mol. The second kappa shape index (κ2) is 5.87. The maximum absolute atomic E-state index is 13.1. The number of Topliss-reactive ketones (excluding diaryl/α,β-unsaturated/α-hetero) is 2. The Labute approximate surface area is 153 Å². The molecule has 1 heterocycles. The SMILES string of the molecule is N#CC1=C(N)OC2=C(C(=O)c3ccccc3C2=O)[C@@H]1c1ccc(Cl)cc1. The van der Waals surface area contributed by atoms with Crippen LogP contribution in [0.5, 0.6) is 0 Å². The van der Waals surface area contributed by atoms with Gasteiger partial charge in [0.1, 0.15) is 11.6 Å². The molecule has 2 aromatic carbocycles. The molecule has 0 saturated carbocycles. The van der Waals surface area contributed by atoms with E-state index in [1.807, 2.05) is 6.07 Å². The van der Waals surface area contributed by atoms with Gasteiger partial charge in [-0.05, 0) is 17.7 Å². The summed E-state index contributed by atoms with van der Waals surface area (Å²) in [7, 11) is 0. The number of nitrogens with zero attached hydrogens (tertiary/aromatic N) is 1. The first kappa shape index (κ1) is 16.1. The van der Waals surface area contributed by atoms with Gasteiger partial charge >= 0.3 is 0 Å². The molecule has 1 atom stereocenters. The Hall–Kier alpha value is -3.36. The van der Waals surface area contributed by atoms with Crippen LogP contribution < -0.4 is 5.73 Å². The number of carbonyl (C=O) groups excluding carboxylic acids is 2.